The molecule has 1 saturated heterocycles. The Morgan fingerprint density at radius 1 is 1.16 bits per heavy atom. The second-order valence-electron chi connectivity index (χ2n) is 5.62. The molecule has 0 N–H and O–H groups in total. The van der Waals surface area contributed by atoms with Crippen molar-refractivity contribution in [3.05, 3.63) is 30.3 Å². The minimum Gasteiger partial charge on any atom is -0.274 e. The summed E-state index contributed by atoms with van der Waals surface area (Å²) in [5.74, 6) is -0.771. The molecule has 5 heteroatoms. The van der Waals surface area contributed by atoms with Gasteiger partial charge in [-0.25, -0.2) is 4.90 Å². The highest BCUT2D eigenvalue weighted by molar-refractivity contribution is 6.22. The van der Waals surface area contributed by atoms with Crippen molar-refractivity contribution in [2.75, 3.05) is 4.90 Å². The third-order valence-corrected chi connectivity index (χ3v) is 3.08. The number of benzene rings is 1. The number of carbonyl (C=O) groups excluding carboxylic acids is 2. The van der Waals surface area contributed by atoms with Crippen LogP contribution in [0.5, 0.6) is 0 Å². The van der Waals surface area contributed by atoms with Gasteiger partial charge in [-0.2, -0.15) is 0 Å². The first kappa shape index (κ1) is 13.7. The van der Waals surface area contributed by atoms with Crippen LogP contribution in [0.3, 0.4) is 0 Å². The van der Waals surface area contributed by atoms with E-state index < -0.39 is 17.5 Å². The zero-order chi connectivity index (χ0) is 14.2. The van der Waals surface area contributed by atoms with Gasteiger partial charge in [-0.1, -0.05) is 18.2 Å². The number of hydrogen-bond donors (Lipinski definition) is 0. The molecule has 1 unspecified atom stereocenters. The average molecular weight is 261 g/mol. The van der Waals surface area contributed by atoms with Crippen LogP contribution in [-0.2, 0) is 14.8 Å². The number of rotatable bonds is 2. The number of anilines is 1. The van der Waals surface area contributed by atoms with Crippen molar-refractivity contribution in [1.82, 2.24) is 5.06 Å². The summed E-state index contributed by atoms with van der Waals surface area (Å²) >= 11 is 0. The van der Waals surface area contributed by atoms with Gasteiger partial charge in [-0.15, -0.1) is 10.3 Å². The van der Waals surface area contributed by atoms with Crippen LogP contribution in [0.15, 0.2) is 30.3 Å². The van der Waals surface area contributed by atoms with E-state index in [1.165, 1.54) is 0 Å². The molecule has 0 aromatic heterocycles. The van der Waals surface area contributed by atoms with Gasteiger partial charge >= 0.3 is 0 Å². The Labute approximate surface area is 112 Å². The molecule has 0 spiro atoms. The van der Waals surface area contributed by atoms with Crippen LogP contribution in [-0.4, -0.2) is 28.5 Å². The third-order valence-electron chi connectivity index (χ3n) is 3.08. The minimum atomic E-state index is -0.923. The zero-order valence-electron chi connectivity index (χ0n) is 11.3. The summed E-state index contributed by atoms with van der Waals surface area (Å²) in [6.07, 6.45) is -0.0610. The molecule has 1 fully saturated rings. The van der Waals surface area contributed by atoms with Gasteiger partial charge < -0.3 is 0 Å². The molecule has 1 aromatic carbocycles. The van der Waals surface area contributed by atoms with Crippen LogP contribution >= 0.6 is 0 Å². The number of imide groups is 1. The molecule has 0 saturated carbocycles. The van der Waals surface area contributed by atoms with Gasteiger partial charge in [0.25, 0.3) is 5.91 Å². The summed E-state index contributed by atoms with van der Waals surface area (Å²) < 4.78 is 0. The second-order valence-corrected chi connectivity index (χ2v) is 5.62. The number of amides is 2. The second kappa shape index (κ2) is 4.75. The molecule has 1 aromatic rings. The molecule has 1 atom stereocenters. The summed E-state index contributed by atoms with van der Waals surface area (Å²) in [6.45, 7) is 5.18. The van der Waals surface area contributed by atoms with E-state index in [1.54, 1.807) is 51.1 Å². The van der Waals surface area contributed by atoms with Crippen LogP contribution < -0.4 is 4.90 Å². The Morgan fingerprint density at radius 3 is 2.26 bits per heavy atom. The fraction of sp³-hybridized carbons (Fsp3) is 0.429. The number of hydrogen-bond acceptors (Lipinski definition) is 3. The van der Waals surface area contributed by atoms with Crippen molar-refractivity contribution in [2.24, 2.45) is 0 Å². The van der Waals surface area contributed by atoms with Gasteiger partial charge in [-0.3, -0.25) is 9.59 Å². The summed E-state index contributed by atoms with van der Waals surface area (Å²) in [7, 11) is 0. The molecule has 2 rings (SSSR count). The maximum Gasteiger partial charge on any atom is 0.254 e. The lowest BCUT2D eigenvalue weighted by Gasteiger charge is -2.30. The fourth-order valence-corrected chi connectivity index (χ4v) is 2.11. The van der Waals surface area contributed by atoms with E-state index in [0.29, 0.717) is 5.69 Å². The van der Waals surface area contributed by atoms with Crippen molar-refractivity contribution >= 4 is 17.5 Å². The maximum atomic E-state index is 12.3. The first-order valence-corrected chi connectivity index (χ1v) is 6.20. The van der Waals surface area contributed by atoms with Crippen LogP contribution in [0.2, 0.25) is 0 Å². The molecule has 101 valence electrons. The number of carbonyl (C=O) groups is 2. The number of nitrogens with zero attached hydrogens (tertiary/aromatic N) is 2. The lowest BCUT2D eigenvalue weighted by molar-refractivity contribution is -0.233. The fourth-order valence-electron chi connectivity index (χ4n) is 2.11. The van der Waals surface area contributed by atoms with Gasteiger partial charge in [0.2, 0.25) is 5.91 Å². The monoisotopic (exact) mass is 261 g/mol. The highest BCUT2D eigenvalue weighted by Gasteiger charge is 2.46. The molecule has 1 aliphatic rings. The largest absolute Gasteiger partial charge is 0.274 e. The summed E-state index contributed by atoms with van der Waals surface area (Å²) in [5.41, 5.74) is -0.185. The zero-order valence-corrected chi connectivity index (χ0v) is 11.3. The topological polar surface area (TPSA) is 60.5 Å². The van der Waals surface area contributed by atoms with Gasteiger partial charge in [0.1, 0.15) is 6.04 Å². The predicted molar refractivity (Wildman–Crippen MR) is 69.6 cm³/mol. The van der Waals surface area contributed by atoms with E-state index in [2.05, 4.69) is 0 Å². The summed E-state index contributed by atoms with van der Waals surface area (Å²) in [4.78, 5) is 25.3. The predicted octanol–water partition coefficient (Wildman–Crippen LogP) is 1.76. The van der Waals surface area contributed by atoms with E-state index in [-0.39, 0.29) is 12.3 Å². The van der Waals surface area contributed by atoms with Gasteiger partial charge in [-0.05, 0) is 32.9 Å². The molecule has 5 nitrogen and oxygen atoms in total. The smallest absolute Gasteiger partial charge is 0.254 e. The van der Waals surface area contributed by atoms with Gasteiger partial charge in [0.05, 0.1) is 12.1 Å². The van der Waals surface area contributed by atoms with Crippen molar-refractivity contribution in [1.29, 1.82) is 0 Å². The average Bonchev–Trinajstić information content (AvgIpc) is 2.64. The Kier molecular flexibility index (Phi) is 3.43. The molecule has 1 aliphatic heterocycles. The lowest BCUT2D eigenvalue weighted by Crippen LogP contribution is -2.48. The molecular formula is C14H17N2O3. The molecule has 1 heterocycles. The highest BCUT2D eigenvalue weighted by Crippen LogP contribution is 2.28. The lowest BCUT2D eigenvalue weighted by atomic mass is 10.1. The van der Waals surface area contributed by atoms with Crippen molar-refractivity contribution in [3.8, 4) is 0 Å². The van der Waals surface area contributed by atoms with Crippen molar-refractivity contribution in [2.45, 2.75) is 38.8 Å². The molecule has 1 radical (unpaired) electrons. The normalized spacial score (nSPS) is 20.5. The first-order valence-electron chi connectivity index (χ1n) is 6.20. The molecular weight excluding hydrogens is 244 g/mol. The Morgan fingerprint density at radius 2 is 1.74 bits per heavy atom. The maximum absolute atomic E-state index is 12.3. The molecule has 0 aliphatic carbocycles. The molecule has 19 heavy (non-hydrogen) atoms. The van der Waals surface area contributed by atoms with E-state index in [9.17, 15) is 14.8 Å². The Balaban J connectivity index is 2.27. The van der Waals surface area contributed by atoms with E-state index in [4.69, 9.17) is 0 Å². The van der Waals surface area contributed by atoms with Crippen molar-refractivity contribution < 1.29 is 14.8 Å². The molecule has 0 bridgehead atoms. The highest BCUT2D eigenvalue weighted by atomic mass is 16.5. The van der Waals surface area contributed by atoms with E-state index >= 15 is 0 Å². The first-order chi connectivity index (χ1) is 8.82. The molecule has 2 amide bonds. The van der Waals surface area contributed by atoms with Crippen LogP contribution in [0.25, 0.3) is 0 Å². The number of hydroxylamine groups is 2. The summed E-state index contributed by atoms with van der Waals surface area (Å²) in [6, 6.07) is 7.76. The van der Waals surface area contributed by atoms with E-state index in [0.717, 1.165) is 9.96 Å². The quantitative estimate of drug-likeness (QED) is 0.602. The van der Waals surface area contributed by atoms with Crippen LogP contribution in [0.4, 0.5) is 5.69 Å². The van der Waals surface area contributed by atoms with Gasteiger partial charge in [0.15, 0.2) is 0 Å². The van der Waals surface area contributed by atoms with Gasteiger partial charge in [0, 0.05) is 5.54 Å². The number of para-hydroxylation sites is 1. The van der Waals surface area contributed by atoms with Crippen LogP contribution in [0.1, 0.15) is 27.2 Å². The summed E-state index contributed by atoms with van der Waals surface area (Å²) in [5, 5.41) is 12.8. The van der Waals surface area contributed by atoms with E-state index in [1.807, 2.05) is 0 Å². The SMILES string of the molecule is CC(C)(C)N([O])C1CC(=O)N(c2ccccc2)C1=O. The Bertz CT molecular complexity index is 493. The Hall–Kier alpha value is -1.72. The third kappa shape index (κ3) is 2.52. The minimum absolute atomic E-state index is 0.0610. The van der Waals surface area contributed by atoms with Crippen molar-refractivity contribution in [3.63, 3.8) is 0 Å². The standard InChI is InChI=1S/C14H17N2O3/c1-14(2,3)16(19)11-9-12(17)15(13(11)18)10-7-5-4-6-8-10/h4-8,11H,9H2,1-3H3. The van der Waals surface area contributed by atoms with Crippen LogP contribution in [0, 0.1) is 0 Å².